The second kappa shape index (κ2) is 4.69. The number of halogens is 2. The van der Waals surface area contributed by atoms with Gasteiger partial charge in [0, 0.05) is 12.1 Å². The molecule has 96 valence electrons. The first-order chi connectivity index (χ1) is 8.52. The predicted octanol–water partition coefficient (Wildman–Crippen LogP) is 0.815. The van der Waals surface area contributed by atoms with E-state index in [1.807, 2.05) is 0 Å². The SMILES string of the molecule is COC(=O)C(N)Cn1cnc2cc(F)c(F)cc21. The van der Waals surface area contributed by atoms with Crippen molar-refractivity contribution in [2.45, 2.75) is 12.6 Å². The van der Waals surface area contributed by atoms with Crippen LogP contribution in [-0.4, -0.2) is 28.7 Å². The number of carbonyl (C=O) groups excluding carboxylic acids is 1. The summed E-state index contributed by atoms with van der Waals surface area (Å²) >= 11 is 0. The maximum absolute atomic E-state index is 13.1. The fraction of sp³-hybridized carbons (Fsp3) is 0.273. The molecule has 7 heteroatoms. The molecule has 2 rings (SSSR count). The van der Waals surface area contributed by atoms with Crippen LogP contribution in [0.25, 0.3) is 11.0 Å². The van der Waals surface area contributed by atoms with E-state index in [0.29, 0.717) is 11.0 Å². The monoisotopic (exact) mass is 255 g/mol. The molecule has 0 amide bonds. The van der Waals surface area contributed by atoms with Crippen LogP contribution < -0.4 is 5.73 Å². The highest BCUT2D eigenvalue weighted by Gasteiger charge is 2.16. The molecule has 0 fully saturated rings. The third-order valence-electron chi connectivity index (χ3n) is 2.56. The zero-order valence-electron chi connectivity index (χ0n) is 9.56. The predicted molar refractivity (Wildman–Crippen MR) is 59.6 cm³/mol. The van der Waals surface area contributed by atoms with Crippen molar-refractivity contribution < 1.29 is 18.3 Å². The summed E-state index contributed by atoms with van der Waals surface area (Å²) in [6.07, 6.45) is 1.37. The highest BCUT2D eigenvalue weighted by molar-refractivity contribution is 5.77. The Morgan fingerprint density at radius 1 is 1.50 bits per heavy atom. The van der Waals surface area contributed by atoms with Gasteiger partial charge in [0.2, 0.25) is 0 Å². The molecule has 0 saturated carbocycles. The van der Waals surface area contributed by atoms with Gasteiger partial charge in [-0.25, -0.2) is 13.8 Å². The van der Waals surface area contributed by atoms with E-state index >= 15 is 0 Å². The summed E-state index contributed by atoms with van der Waals surface area (Å²) in [6.45, 7) is 0.0776. The number of nitrogens with zero attached hydrogens (tertiary/aromatic N) is 2. The smallest absolute Gasteiger partial charge is 0.324 e. The topological polar surface area (TPSA) is 70.1 Å². The van der Waals surface area contributed by atoms with Crippen molar-refractivity contribution in [3.63, 3.8) is 0 Å². The van der Waals surface area contributed by atoms with Gasteiger partial charge in [0.1, 0.15) is 6.04 Å². The molecule has 0 saturated heterocycles. The third-order valence-corrected chi connectivity index (χ3v) is 2.56. The van der Waals surface area contributed by atoms with E-state index in [1.165, 1.54) is 18.0 Å². The molecule has 1 heterocycles. The van der Waals surface area contributed by atoms with E-state index in [2.05, 4.69) is 9.72 Å². The van der Waals surface area contributed by atoms with Crippen LogP contribution in [0.1, 0.15) is 0 Å². The zero-order chi connectivity index (χ0) is 13.3. The summed E-state index contributed by atoms with van der Waals surface area (Å²) in [5, 5.41) is 0. The summed E-state index contributed by atoms with van der Waals surface area (Å²) in [7, 11) is 1.23. The summed E-state index contributed by atoms with van der Waals surface area (Å²) < 4.78 is 32.1. The summed E-state index contributed by atoms with van der Waals surface area (Å²) in [5.74, 6) is -2.53. The van der Waals surface area contributed by atoms with E-state index in [-0.39, 0.29) is 6.54 Å². The summed E-state index contributed by atoms with van der Waals surface area (Å²) in [5.41, 5.74) is 6.25. The molecule has 18 heavy (non-hydrogen) atoms. The lowest BCUT2D eigenvalue weighted by atomic mass is 10.2. The average Bonchev–Trinajstić information content (AvgIpc) is 2.71. The minimum Gasteiger partial charge on any atom is -0.468 e. The first kappa shape index (κ1) is 12.4. The van der Waals surface area contributed by atoms with Gasteiger partial charge in [0.05, 0.1) is 31.0 Å². The second-order valence-electron chi connectivity index (χ2n) is 3.78. The Bertz CT molecular complexity index is 597. The van der Waals surface area contributed by atoms with Crippen LogP contribution in [-0.2, 0) is 16.1 Å². The second-order valence-corrected chi connectivity index (χ2v) is 3.78. The van der Waals surface area contributed by atoms with E-state index in [4.69, 9.17) is 5.73 Å². The number of esters is 1. The Hall–Kier alpha value is -2.02. The molecule has 2 aromatic rings. The van der Waals surface area contributed by atoms with Gasteiger partial charge in [-0.2, -0.15) is 0 Å². The molecule has 0 aliphatic carbocycles. The number of benzene rings is 1. The van der Waals surface area contributed by atoms with Gasteiger partial charge < -0.3 is 15.0 Å². The van der Waals surface area contributed by atoms with Crippen LogP contribution in [0.3, 0.4) is 0 Å². The van der Waals surface area contributed by atoms with Crippen molar-refractivity contribution in [3.05, 3.63) is 30.1 Å². The molecule has 0 radical (unpaired) electrons. The lowest BCUT2D eigenvalue weighted by molar-refractivity contribution is -0.142. The maximum Gasteiger partial charge on any atom is 0.324 e. The number of carbonyl (C=O) groups is 1. The molecule has 1 aromatic carbocycles. The van der Waals surface area contributed by atoms with E-state index < -0.39 is 23.6 Å². The van der Waals surface area contributed by atoms with Crippen molar-refractivity contribution in [1.82, 2.24) is 9.55 Å². The molecule has 5 nitrogen and oxygen atoms in total. The van der Waals surface area contributed by atoms with Gasteiger partial charge in [-0.05, 0) is 0 Å². The third kappa shape index (κ3) is 2.17. The highest BCUT2D eigenvalue weighted by atomic mass is 19.2. The molecule has 1 unspecified atom stereocenters. The maximum atomic E-state index is 13.1. The molecule has 0 aliphatic rings. The van der Waals surface area contributed by atoms with Gasteiger partial charge >= 0.3 is 5.97 Å². The van der Waals surface area contributed by atoms with Gasteiger partial charge in [-0.3, -0.25) is 4.79 Å². The Balaban J connectivity index is 2.35. The quantitative estimate of drug-likeness (QED) is 0.824. The minimum atomic E-state index is -0.976. The van der Waals surface area contributed by atoms with Crippen molar-refractivity contribution >= 4 is 17.0 Å². The van der Waals surface area contributed by atoms with E-state index in [0.717, 1.165) is 12.1 Å². The minimum absolute atomic E-state index is 0.0776. The van der Waals surface area contributed by atoms with Crippen molar-refractivity contribution in [2.75, 3.05) is 7.11 Å². The molecule has 2 N–H and O–H groups in total. The largest absolute Gasteiger partial charge is 0.468 e. The molecule has 0 spiro atoms. The van der Waals surface area contributed by atoms with Gasteiger partial charge in [-0.1, -0.05) is 0 Å². The molecule has 0 aliphatic heterocycles. The molecule has 1 aromatic heterocycles. The van der Waals surface area contributed by atoms with Crippen LogP contribution in [0.2, 0.25) is 0 Å². The van der Waals surface area contributed by atoms with E-state index in [9.17, 15) is 13.6 Å². The molecular weight excluding hydrogens is 244 g/mol. The fourth-order valence-electron chi connectivity index (χ4n) is 1.64. The average molecular weight is 255 g/mol. The molecule has 0 bridgehead atoms. The van der Waals surface area contributed by atoms with Crippen molar-refractivity contribution in [3.8, 4) is 0 Å². The Morgan fingerprint density at radius 2 is 2.17 bits per heavy atom. The Labute approximate surface area is 101 Å². The highest BCUT2D eigenvalue weighted by Crippen LogP contribution is 2.17. The number of aromatic nitrogens is 2. The lowest BCUT2D eigenvalue weighted by Crippen LogP contribution is -2.35. The van der Waals surface area contributed by atoms with Crippen LogP contribution in [0.4, 0.5) is 8.78 Å². The zero-order valence-corrected chi connectivity index (χ0v) is 9.56. The molecule has 1 atom stereocenters. The van der Waals surface area contributed by atoms with Crippen LogP contribution in [0.15, 0.2) is 18.5 Å². The number of fused-ring (bicyclic) bond motifs is 1. The van der Waals surface area contributed by atoms with Gasteiger partial charge in [-0.15, -0.1) is 0 Å². The lowest BCUT2D eigenvalue weighted by Gasteiger charge is -2.10. The van der Waals surface area contributed by atoms with Crippen molar-refractivity contribution in [1.29, 1.82) is 0 Å². The standard InChI is InChI=1S/C11H11F2N3O2/c1-18-11(17)8(14)4-16-5-15-9-2-6(12)7(13)3-10(9)16/h2-3,5,8H,4,14H2,1H3. The number of methoxy groups -OCH3 is 1. The first-order valence-electron chi connectivity index (χ1n) is 5.16. The number of hydrogen-bond acceptors (Lipinski definition) is 4. The van der Waals surface area contributed by atoms with Gasteiger partial charge in [0.15, 0.2) is 11.6 Å². The normalized spacial score (nSPS) is 12.7. The molecular formula is C11H11F2N3O2. The number of imidazole rings is 1. The van der Waals surface area contributed by atoms with Crippen LogP contribution in [0.5, 0.6) is 0 Å². The Morgan fingerprint density at radius 3 is 2.83 bits per heavy atom. The summed E-state index contributed by atoms with van der Waals surface area (Å²) in [6, 6.07) is 1.12. The van der Waals surface area contributed by atoms with E-state index in [1.54, 1.807) is 0 Å². The van der Waals surface area contributed by atoms with Crippen molar-refractivity contribution in [2.24, 2.45) is 5.73 Å². The number of nitrogens with two attached hydrogens (primary N) is 1. The van der Waals surface area contributed by atoms with Crippen LogP contribution in [0, 0.1) is 11.6 Å². The number of rotatable bonds is 3. The first-order valence-corrected chi connectivity index (χ1v) is 5.16. The van der Waals surface area contributed by atoms with Gasteiger partial charge in [0.25, 0.3) is 0 Å². The number of hydrogen-bond donors (Lipinski definition) is 1. The fourth-order valence-corrected chi connectivity index (χ4v) is 1.64. The van der Waals surface area contributed by atoms with Crippen LogP contribution >= 0.6 is 0 Å². The summed E-state index contributed by atoms with van der Waals surface area (Å²) in [4.78, 5) is 15.1. The Kier molecular flexibility index (Phi) is 3.24. The number of ether oxygens (including phenoxy) is 1.